The van der Waals surface area contributed by atoms with Crippen LogP contribution in [-0.4, -0.2) is 69.6 Å². The number of rotatable bonds is 8. The Labute approximate surface area is 246 Å². The molecule has 9 nitrogen and oxygen atoms in total. The molecule has 1 N–H and O–H groups in total. The first-order valence-corrected chi connectivity index (χ1v) is 13.5. The summed E-state index contributed by atoms with van der Waals surface area (Å²) in [6.07, 6.45) is -8.33. The van der Waals surface area contributed by atoms with Crippen molar-refractivity contribution < 1.29 is 45.5 Å². The van der Waals surface area contributed by atoms with Gasteiger partial charge < -0.3 is 19.9 Å². The van der Waals surface area contributed by atoms with Crippen LogP contribution in [0.15, 0.2) is 54.6 Å². The molecule has 3 amide bonds. The lowest BCUT2D eigenvalue weighted by molar-refractivity contribution is -0.157. The summed E-state index contributed by atoms with van der Waals surface area (Å²) in [6.45, 7) is -0.922. The van der Waals surface area contributed by atoms with Crippen molar-refractivity contribution in [1.82, 2.24) is 25.3 Å². The predicted molar refractivity (Wildman–Crippen MR) is 142 cm³/mol. The van der Waals surface area contributed by atoms with Gasteiger partial charge >= 0.3 is 12.4 Å². The van der Waals surface area contributed by atoms with E-state index in [2.05, 4.69) is 15.5 Å². The fraction of sp³-hybridized carbons (Fsp3) is 0.345. The fourth-order valence-electron chi connectivity index (χ4n) is 4.96. The Balaban J connectivity index is 1.33. The highest BCUT2D eigenvalue weighted by Crippen LogP contribution is 2.32. The third-order valence-electron chi connectivity index (χ3n) is 7.11. The molecular formula is C29H25F6N5O4. The van der Waals surface area contributed by atoms with Gasteiger partial charge in [-0.25, -0.2) is 0 Å². The molecule has 2 saturated heterocycles. The summed E-state index contributed by atoms with van der Waals surface area (Å²) in [6, 6.07) is 12.0. The Morgan fingerprint density at radius 3 is 2.30 bits per heavy atom. The van der Waals surface area contributed by atoms with Gasteiger partial charge in [0.05, 0.1) is 11.7 Å². The number of halogens is 6. The lowest BCUT2D eigenvalue weighted by Crippen LogP contribution is -2.39. The number of aromatic nitrogens is 2. The zero-order valence-electron chi connectivity index (χ0n) is 22.9. The lowest BCUT2D eigenvalue weighted by atomic mass is 10.1. The Kier molecular flexibility index (Phi) is 8.48. The van der Waals surface area contributed by atoms with Crippen molar-refractivity contribution in [3.63, 3.8) is 0 Å². The number of benzene rings is 2. The maximum atomic E-state index is 13.0. The molecule has 1 atom stereocenters. The molecule has 15 heteroatoms. The van der Waals surface area contributed by atoms with Crippen LogP contribution in [0.25, 0.3) is 11.3 Å². The maximum Gasteiger partial charge on any atom is 0.435 e. The minimum atomic E-state index is -4.62. The first-order chi connectivity index (χ1) is 20.7. The van der Waals surface area contributed by atoms with E-state index in [0.717, 1.165) is 6.07 Å². The molecule has 0 radical (unpaired) electrons. The molecule has 0 bridgehead atoms. The molecule has 2 aromatic carbocycles. The highest BCUT2D eigenvalue weighted by atomic mass is 19.4. The number of carbonyl (C=O) groups excluding carboxylic acids is 3. The van der Waals surface area contributed by atoms with Crippen LogP contribution in [0.2, 0.25) is 0 Å². The van der Waals surface area contributed by atoms with Gasteiger partial charge in [-0.1, -0.05) is 6.07 Å². The van der Waals surface area contributed by atoms with Crippen molar-refractivity contribution in [2.45, 2.75) is 44.2 Å². The lowest BCUT2D eigenvalue weighted by Gasteiger charge is -2.20. The second-order valence-corrected chi connectivity index (χ2v) is 10.4. The number of hydrogen-bond donors (Lipinski definition) is 1. The zero-order valence-corrected chi connectivity index (χ0v) is 22.9. The third-order valence-corrected chi connectivity index (χ3v) is 7.11. The van der Waals surface area contributed by atoms with Gasteiger partial charge in [0.15, 0.2) is 5.69 Å². The summed E-state index contributed by atoms with van der Waals surface area (Å²) < 4.78 is 82.8. The number of alkyl halides is 6. The van der Waals surface area contributed by atoms with E-state index in [4.69, 9.17) is 4.74 Å². The Bertz CT molecular complexity index is 1540. The Hall–Kier alpha value is -4.69. The van der Waals surface area contributed by atoms with Crippen molar-refractivity contribution in [2.24, 2.45) is 0 Å². The van der Waals surface area contributed by atoms with E-state index in [0.29, 0.717) is 41.2 Å². The summed E-state index contributed by atoms with van der Waals surface area (Å²) >= 11 is 0. The van der Waals surface area contributed by atoms with E-state index in [1.54, 1.807) is 35.2 Å². The summed E-state index contributed by atoms with van der Waals surface area (Å²) in [7, 11) is 0. The van der Waals surface area contributed by atoms with Gasteiger partial charge in [0.2, 0.25) is 11.8 Å². The van der Waals surface area contributed by atoms with E-state index in [-0.39, 0.29) is 42.4 Å². The minimum absolute atomic E-state index is 0.0333. The van der Waals surface area contributed by atoms with Crippen LogP contribution in [0, 0.1) is 0 Å². The van der Waals surface area contributed by atoms with Crippen molar-refractivity contribution in [2.75, 3.05) is 19.6 Å². The normalized spacial score (nSPS) is 17.4. The quantitative estimate of drug-likeness (QED) is 0.357. The predicted octanol–water partition coefficient (Wildman–Crippen LogP) is 4.97. The molecule has 232 valence electrons. The largest absolute Gasteiger partial charge is 0.457 e. The van der Waals surface area contributed by atoms with Gasteiger partial charge in [-0.3, -0.25) is 14.4 Å². The van der Waals surface area contributed by atoms with Crippen LogP contribution in [0.3, 0.4) is 0 Å². The van der Waals surface area contributed by atoms with E-state index >= 15 is 0 Å². The molecule has 3 heterocycles. The van der Waals surface area contributed by atoms with Crippen molar-refractivity contribution in [3.8, 4) is 22.8 Å². The molecule has 1 unspecified atom stereocenters. The van der Waals surface area contributed by atoms with E-state index in [1.807, 2.05) is 0 Å². The van der Waals surface area contributed by atoms with E-state index in [1.165, 1.54) is 18.2 Å². The first-order valence-electron chi connectivity index (χ1n) is 13.5. The maximum absolute atomic E-state index is 13.0. The smallest absolute Gasteiger partial charge is 0.435 e. The number of amides is 3. The van der Waals surface area contributed by atoms with Crippen molar-refractivity contribution in [1.29, 1.82) is 0 Å². The Morgan fingerprint density at radius 1 is 0.932 bits per heavy atom. The van der Waals surface area contributed by atoms with Gasteiger partial charge in [0, 0.05) is 49.2 Å². The molecule has 0 saturated carbocycles. The summed E-state index contributed by atoms with van der Waals surface area (Å²) in [4.78, 5) is 39.6. The monoisotopic (exact) mass is 621 g/mol. The van der Waals surface area contributed by atoms with Gasteiger partial charge in [-0.2, -0.15) is 26.3 Å². The average molecular weight is 622 g/mol. The number of likely N-dealkylation sites (tertiary alicyclic amines) is 2. The standard InChI is InChI=1S/C29H25F6N5O4/c30-28(31,32)16-40-15-20(13-26(40)42)36-27(43)18-3-4-19(14-39-11-1-2-25(39)41)23(12-18)44-21-7-5-17(6-8-21)22-9-10-24(38-37-22)29(33,34)35/h3-10,12,20H,1-2,11,13-16H2,(H,36,43). The minimum Gasteiger partial charge on any atom is -0.457 e. The van der Waals surface area contributed by atoms with Gasteiger partial charge in [-0.15, -0.1) is 10.2 Å². The van der Waals surface area contributed by atoms with Crippen molar-refractivity contribution >= 4 is 17.7 Å². The number of hydrogen-bond acceptors (Lipinski definition) is 6. The average Bonchev–Trinajstić information content (AvgIpc) is 3.52. The summed E-state index contributed by atoms with van der Waals surface area (Å²) in [5.41, 5.74) is 0.264. The molecular weight excluding hydrogens is 596 g/mol. The molecule has 0 aliphatic carbocycles. The van der Waals surface area contributed by atoms with Crippen molar-refractivity contribution in [3.05, 3.63) is 71.4 Å². The van der Waals surface area contributed by atoms with Crippen LogP contribution < -0.4 is 10.1 Å². The van der Waals surface area contributed by atoms with E-state index < -0.39 is 42.4 Å². The SMILES string of the molecule is O=C(NC1CC(=O)N(CC(F)(F)F)C1)c1ccc(CN2CCCC2=O)c(Oc2ccc(-c3ccc(C(F)(F)F)nn3)cc2)c1. The van der Waals surface area contributed by atoms with Crippen LogP contribution in [0.5, 0.6) is 11.5 Å². The van der Waals surface area contributed by atoms with Crippen LogP contribution in [-0.2, 0) is 22.3 Å². The highest BCUT2D eigenvalue weighted by molar-refractivity contribution is 5.95. The number of ether oxygens (including phenoxy) is 1. The first kappa shape index (κ1) is 30.8. The number of carbonyl (C=O) groups is 3. The molecule has 1 aromatic heterocycles. The van der Waals surface area contributed by atoms with Crippen LogP contribution >= 0.6 is 0 Å². The van der Waals surface area contributed by atoms with Gasteiger partial charge in [-0.05, 0) is 55.0 Å². The second-order valence-electron chi connectivity index (χ2n) is 10.4. The number of nitrogens with zero attached hydrogens (tertiary/aromatic N) is 4. The number of nitrogens with one attached hydrogen (secondary N) is 1. The van der Waals surface area contributed by atoms with E-state index in [9.17, 15) is 40.7 Å². The molecule has 3 aromatic rings. The summed E-state index contributed by atoms with van der Waals surface area (Å²) in [5.74, 6) is -0.825. The molecule has 2 aliphatic heterocycles. The zero-order chi connectivity index (χ0) is 31.6. The molecule has 2 aliphatic rings. The molecule has 44 heavy (non-hydrogen) atoms. The van der Waals surface area contributed by atoms with Crippen LogP contribution in [0.4, 0.5) is 26.3 Å². The van der Waals surface area contributed by atoms with Gasteiger partial charge in [0.1, 0.15) is 18.0 Å². The molecule has 5 rings (SSSR count). The summed E-state index contributed by atoms with van der Waals surface area (Å²) in [5, 5.41) is 9.46. The second kappa shape index (κ2) is 12.1. The topological polar surface area (TPSA) is 105 Å². The molecule has 0 spiro atoms. The van der Waals surface area contributed by atoms with Gasteiger partial charge in [0.25, 0.3) is 5.91 Å². The highest BCUT2D eigenvalue weighted by Gasteiger charge is 2.39. The third kappa shape index (κ3) is 7.44. The van der Waals surface area contributed by atoms with Crippen LogP contribution in [0.1, 0.15) is 40.9 Å². The fourth-order valence-corrected chi connectivity index (χ4v) is 4.96. The molecule has 2 fully saturated rings. The Morgan fingerprint density at radius 2 is 1.68 bits per heavy atom.